The largest absolute Gasteiger partial charge is 0.469 e. The molecule has 0 aliphatic carbocycles. The number of rotatable bonds is 6. The highest BCUT2D eigenvalue weighted by Crippen LogP contribution is 2.34. The van der Waals surface area contributed by atoms with Gasteiger partial charge in [-0.2, -0.15) is 5.26 Å². The minimum Gasteiger partial charge on any atom is -0.469 e. The number of ether oxygens (including phenoxy) is 2. The smallest absolute Gasteiger partial charge is 0.340 e. The summed E-state index contributed by atoms with van der Waals surface area (Å²) in [6.45, 7) is 8.22. The van der Waals surface area contributed by atoms with Crippen LogP contribution in [-0.2, 0) is 33.7 Å². The highest BCUT2D eigenvalue weighted by atomic mass is 16.5. The van der Waals surface area contributed by atoms with Gasteiger partial charge in [0, 0.05) is 5.56 Å². The number of cyclic esters (lactones) is 1. The molecule has 2 rings (SSSR count). The third kappa shape index (κ3) is 3.65. The van der Waals surface area contributed by atoms with Gasteiger partial charge < -0.3 is 9.47 Å². The Kier molecular flexibility index (Phi) is 6.20. The number of esters is 2. The molecule has 1 aromatic carbocycles. The fourth-order valence-corrected chi connectivity index (χ4v) is 3.45. The van der Waals surface area contributed by atoms with Crippen molar-refractivity contribution in [2.45, 2.75) is 53.6 Å². The van der Waals surface area contributed by atoms with Crippen LogP contribution in [0.4, 0.5) is 0 Å². The quantitative estimate of drug-likeness (QED) is 0.573. The third-order valence-corrected chi connectivity index (χ3v) is 5.25. The molecule has 1 aliphatic heterocycles. The molecular weight excluding hydrogens is 330 g/mol. The Labute approximate surface area is 154 Å². The van der Waals surface area contributed by atoms with Crippen LogP contribution < -0.4 is 0 Å². The van der Waals surface area contributed by atoms with Gasteiger partial charge in [-0.15, -0.1) is 0 Å². The van der Waals surface area contributed by atoms with Crippen molar-refractivity contribution in [1.82, 2.24) is 0 Å². The first-order valence-electron chi connectivity index (χ1n) is 8.83. The summed E-state index contributed by atoms with van der Waals surface area (Å²) in [6.07, 6.45) is 3.68. The Morgan fingerprint density at radius 2 is 2.12 bits per heavy atom. The molecule has 26 heavy (non-hydrogen) atoms. The average Bonchev–Trinajstić information content (AvgIpc) is 3.01. The van der Waals surface area contributed by atoms with E-state index in [1.807, 2.05) is 33.8 Å². The van der Waals surface area contributed by atoms with E-state index in [0.717, 1.165) is 34.2 Å². The van der Waals surface area contributed by atoms with Crippen LogP contribution in [0.25, 0.3) is 0 Å². The summed E-state index contributed by atoms with van der Waals surface area (Å²) >= 11 is 0. The van der Waals surface area contributed by atoms with Crippen LogP contribution in [0.5, 0.6) is 0 Å². The van der Waals surface area contributed by atoms with Crippen molar-refractivity contribution in [3.63, 3.8) is 0 Å². The number of hydrogen-bond donors (Lipinski definition) is 0. The van der Waals surface area contributed by atoms with Crippen LogP contribution in [0.3, 0.4) is 0 Å². The molecule has 0 fully saturated rings. The fourth-order valence-electron chi connectivity index (χ4n) is 3.45. The number of fused-ring (bicyclic) bond motifs is 1. The number of carbonyl (C=O) groups is 2. The third-order valence-electron chi connectivity index (χ3n) is 5.25. The molecule has 0 bridgehead atoms. The van der Waals surface area contributed by atoms with Gasteiger partial charge in [0.2, 0.25) is 0 Å². The normalized spacial score (nSPS) is 14.5. The van der Waals surface area contributed by atoms with E-state index in [0.29, 0.717) is 24.0 Å². The number of allylic oxidation sites excluding steroid dienone is 2. The Hall–Kier alpha value is -2.61. The van der Waals surface area contributed by atoms with Gasteiger partial charge in [0.25, 0.3) is 0 Å². The zero-order valence-corrected chi connectivity index (χ0v) is 16.1. The molecule has 1 unspecified atom stereocenters. The number of hydrogen-bond acceptors (Lipinski definition) is 5. The number of nitrogens with zero attached hydrogens (tertiary/aromatic N) is 1. The van der Waals surface area contributed by atoms with Gasteiger partial charge in [-0.3, -0.25) is 4.79 Å². The summed E-state index contributed by atoms with van der Waals surface area (Å²) < 4.78 is 9.89. The zero-order chi connectivity index (χ0) is 19.4. The van der Waals surface area contributed by atoms with Crippen LogP contribution in [0.2, 0.25) is 0 Å². The van der Waals surface area contributed by atoms with Crippen molar-refractivity contribution in [3.05, 3.63) is 45.0 Å². The predicted molar refractivity (Wildman–Crippen MR) is 97.6 cm³/mol. The SMILES string of the molecule is CCc1c(C)c2c(c(C#N)c1CC=C(C)C(C)CC(=O)OC)C(=O)OC2. The molecule has 5 nitrogen and oxygen atoms in total. The lowest BCUT2D eigenvalue weighted by Gasteiger charge is -2.17. The van der Waals surface area contributed by atoms with E-state index in [-0.39, 0.29) is 18.5 Å². The van der Waals surface area contributed by atoms with Gasteiger partial charge >= 0.3 is 11.9 Å². The second-order valence-electron chi connectivity index (χ2n) is 6.69. The van der Waals surface area contributed by atoms with Gasteiger partial charge in [0.05, 0.1) is 24.7 Å². The zero-order valence-electron chi connectivity index (χ0n) is 16.1. The van der Waals surface area contributed by atoms with E-state index in [2.05, 4.69) is 6.07 Å². The van der Waals surface area contributed by atoms with Gasteiger partial charge in [-0.25, -0.2) is 4.79 Å². The molecule has 0 amide bonds. The van der Waals surface area contributed by atoms with E-state index in [1.54, 1.807) is 0 Å². The summed E-state index contributed by atoms with van der Waals surface area (Å²) in [5.41, 5.74) is 5.77. The maximum absolute atomic E-state index is 12.1. The van der Waals surface area contributed by atoms with E-state index >= 15 is 0 Å². The first-order chi connectivity index (χ1) is 12.3. The molecule has 1 atom stereocenters. The Morgan fingerprint density at radius 1 is 1.42 bits per heavy atom. The molecule has 0 radical (unpaired) electrons. The van der Waals surface area contributed by atoms with Gasteiger partial charge in [-0.05, 0) is 49.3 Å². The maximum Gasteiger partial charge on any atom is 0.340 e. The van der Waals surface area contributed by atoms with Crippen molar-refractivity contribution in [2.75, 3.05) is 7.11 Å². The van der Waals surface area contributed by atoms with Crippen molar-refractivity contribution in [2.24, 2.45) is 5.92 Å². The number of methoxy groups -OCH3 is 1. The second-order valence-corrected chi connectivity index (χ2v) is 6.69. The molecule has 0 aromatic heterocycles. The maximum atomic E-state index is 12.1. The molecule has 0 N–H and O–H groups in total. The Bertz CT molecular complexity index is 815. The molecule has 5 heteroatoms. The molecule has 0 saturated heterocycles. The van der Waals surface area contributed by atoms with Gasteiger partial charge in [0.15, 0.2) is 0 Å². The summed E-state index contributed by atoms with van der Waals surface area (Å²) in [5.74, 6) is -0.602. The lowest BCUT2D eigenvalue weighted by atomic mass is 9.85. The van der Waals surface area contributed by atoms with Crippen LogP contribution in [0, 0.1) is 24.2 Å². The van der Waals surface area contributed by atoms with Crippen LogP contribution >= 0.6 is 0 Å². The van der Waals surface area contributed by atoms with Crippen LogP contribution in [-0.4, -0.2) is 19.0 Å². The monoisotopic (exact) mass is 355 g/mol. The highest BCUT2D eigenvalue weighted by molar-refractivity contribution is 5.97. The predicted octanol–water partition coefficient (Wildman–Crippen LogP) is 3.79. The Balaban J connectivity index is 2.44. The molecule has 138 valence electrons. The Morgan fingerprint density at radius 3 is 2.69 bits per heavy atom. The van der Waals surface area contributed by atoms with E-state index in [9.17, 15) is 14.9 Å². The lowest BCUT2D eigenvalue weighted by Crippen LogP contribution is -2.10. The number of benzene rings is 1. The molecule has 1 aromatic rings. The minimum absolute atomic E-state index is 0.0542. The number of nitriles is 1. The topological polar surface area (TPSA) is 76.4 Å². The van der Waals surface area contributed by atoms with E-state index in [1.165, 1.54) is 7.11 Å². The summed E-state index contributed by atoms with van der Waals surface area (Å²) in [5, 5.41) is 9.70. The fraction of sp³-hybridized carbons (Fsp3) is 0.476. The average molecular weight is 355 g/mol. The van der Waals surface area contributed by atoms with Crippen LogP contribution in [0.15, 0.2) is 11.6 Å². The van der Waals surface area contributed by atoms with E-state index < -0.39 is 5.97 Å². The first kappa shape index (κ1) is 19.7. The van der Waals surface area contributed by atoms with Gasteiger partial charge in [-0.1, -0.05) is 25.5 Å². The lowest BCUT2D eigenvalue weighted by molar-refractivity contribution is -0.141. The van der Waals surface area contributed by atoms with Crippen molar-refractivity contribution in [1.29, 1.82) is 5.26 Å². The van der Waals surface area contributed by atoms with Gasteiger partial charge in [0.1, 0.15) is 12.7 Å². The van der Waals surface area contributed by atoms with E-state index in [4.69, 9.17) is 9.47 Å². The van der Waals surface area contributed by atoms with Crippen molar-refractivity contribution >= 4 is 11.9 Å². The summed E-state index contributed by atoms with van der Waals surface area (Å²) in [4.78, 5) is 23.6. The molecule has 0 spiro atoms. The molecular formula is C21H25NO4. The second kappa shape index (κ2) is 8.18. The molecule has 1 heterocycles. The van der Waals surface area contributed by atoms with Crippen molar-refractivity contribution in [3.8, 4) is 6.07 Å². The first-order valence-corrected chi connectivity index (χ1v) is 8.83. The summed E-state index contributed by atoms with van der Waals surface area (Å²) in [6, 6.07) is 2.22. The summed E-state index contributed by atoms with van der Waals surface area (Å²) in [7, 11) is 1.38. The standard InChI is InChI=1S/C21H25NO4/c1-6-15-14(4)18-11-26-21(24)20(18)17(10-22)16(15)8-7-12(2)13(3)9-19(23)25-5/h7,13H,6,8-9,11H2,1-5H3. The highest BCUT2D eigenvalue weighted by Gasteiger charge is 2.30. The minimum atomic E-state index is -0.414. The van der Waals surface area contributed by atoms with Crippen molar-refractivity contribution < 1.29 is 19.1 Å². The molecule has 1 aliphatic rings. The molecule has 0 saturated carbocycles. The number of carbonyl (C=O) groups excluding carboxylic acids is 2. The van der Waals surface area contributed by atoms with Crippen LogP contribution in [0.1, 0.15) is 65.4 Å².